The van der Waals surface area contributed by atoms with Gasteiger partial charge in [0.1, 0.15) is 36.6 Å². The van der Waals surface area contributed by atoms with E-state index >= 15 is 0 Å². The topological polar surface area (TPSA) is 199 Å². The fourth-order valence-electron chi connectivity index (χ4n) is 4.33. The monoisotopic (exact) mass is 522 g/mol. The number of rotatable bonds is 10. The summed E-state index contributed by atoms with van der Waals surface area (Å²) in [6, 6.07) is -0.905. The van der Waals surface area contributed by atoms with Crippen molar-refractivity contribution in [1.29, 1.82) is 0 Å². The van der Waals surface area contributed by atoms with Crippen LogP contribution in [0.15, 0.2) is 0 Å². The van der Waals surface area contributed by atoms with Crippen LogP contribution in [-0.4, -0.2) is 106 Å². The maximum atomic E-state index is 12.4. The van der Waals surface area contributed by atoms with E-state index < -0.39 is 85.8 Å². The molecule has 0 bridgehead atoms. The maximum absolute atomic E-state index is 12.4. The van der Waals surface area contributed by atoms with Crippen LogP contribution < -0.4 is 11.2 Å². The zero-order chi connectivity index (χ0) is 27.3. The molecule has 0 aromatic rings. The van der Waals surface area contributed by atoms with Gasteiger partial charge in [0.05, 0.1) is 24.9 Å². The number of hydrogen-bond acceptors (Lipinski definition) is 12. The number of carbonyl (C=O) groups excluding carboxylic acids is 2. The van der Waals surface area contributed by atoms with E-state index in [1.165, 1.54) is 6.92 Å². The summed E-state index contributed by atoms with van der Waals surface area (Å²) < 4.78 is 23.3. The lowest BCUT2D eigenvalue weighted by Gasteiger charge is -2.49. The Morgan fingerprint density at radius 3 is 2.17 bits per heavy atom. The van der Waals surface area contributed by atoms with Crippen LogP contribution in [0.25, 0.3) is 0 Å². The Morgan fingerprint density at radius 2 is 1.67 bits per heavy atom. The maximum Gasteiger partial charge on any atom is 0.356 e. The molecule has 36 heavy (non-hydrogen) atoms. The molecule has 7 N–H and O–H groups in total. The van der Waals surface area contributed by atoms with Gasteiger partial charge in [0.25, 0.3) is 0 Å². The molecule has 210 valence electrons. The third-order valence-corrected chi connectivity index (χ3v) is 7.01. The lowest BCUT2D eigenvalue weighted by molar-refractivity contribution is -0.335. The Hall–Kier alpha value is -1.42. The Labute approximate surface area is 211 Å². The van der Waals surface area contributed by atoms with E-state index in [1.54, 1.807) is 6.92 Å². The molecule has 2 rings (SSSR count). The van der Waals surface area contributed by atoms with Crippen LogP contribution in [0, 0.1) is 11.8 Å². The number of carbonyl (C=O) groups is 2. The molecule has 2 aliphatic rings. The molecule has 12 atom stereocenters. The summed E-state index contributed by atoms with van der Waals surface area (Å²) in [4.78, 5) is 28.7. The van der Waals surface area contributed by atoms with Gasteiger partial charge in [-0.1, -0.05) is 34.1 Å². The number of nitrogens with two attached hydrogens (primary N) is 1. The molecule has 2 fully saturated rings. The van der Waals surface area contributed by atoms with Gasteiger partial charge in [-0.25, -0.2) is 4.79 Å². The molecule has 0 aromatic carbocycles. The number of aliphatic hydroxyl groups is 4. The summed E-state index contributed by atoms with van der Waals surface area (Å²) in [6.07, 6.45) is -12.1. The fourth-order valence-corrected chi connectivity index (χ4v) is 4.33. The third kappa shape index (κ3) is 6.91. The lowest BCUT2D eigenvalue weighted by Crippen LogP contribution is -2.69. The van der Waals surface area contributed by atoms with Gasteiger partial charge in [0.2, 0.25) is 5.91 Å². The molecule has 0 aromatic heterocycles. The average Bonchev–Trinajstić information content (AvgIpc) is 2.84. The van der Waals surface area contributed by atoms with Crippen molar-refractivity contribution in [3.8, 4) is 0 Å². The first kappa shape index (κ1) is 30.8. The van der Waals surface area contributed by atoms with E-state index in [0.29, 0.717) is 6.42 Å². The van der Waals surface area contributed by atoms with Gasteiger partial charge in [-0.05, 0) is 18.8 Å². The third-order valence-electron chi connectivity index (χ3n) is 7.01. The van der Waals surface area contributed by atoms with Crippen LogP contribution >= 0.6 is 0 Å². The smallest absolute Gasteiger partial charge is 0.356 e. The van der Waals surface area contributed by atoms with Crippen molar-refractivity contribution in [2.75, 3.05) is 6.61 Å². The number of amides is 1. The SMILES string of the molecule is CCC(C)[C@@H]1OC(CO)[C@@H](O)C(O[C@@H]2OC(C(=O)ON)[C@@H](OC(C)C(C)C)C(O)C2O)C1NC(C)=O. The van der Waals surface area contributed by atoms with Gasteiger partial charge in [-0.15, -0.1) is 0 Å². The van der Waals surface area contributed by atoms with Gasteiger partial charge in [-0.3, -0.25) is 4.79 Å². The summed E-state index contributed by atoms with van der Waals surface area (Å²) in [7, 11) is 0. The van der Waals surface area contributed by atoms with Crippen molar-refractivity contribution >= 4 is 11.9 Å². The molecule has 0 spiro atoms. The van der Waals surface area contributed by atoms with Crippen LogP contribution in [0.3, 0.4) is 0 Å². The molecule has 0 saturated carbocycles. The van der Waals surface area contributed by atoms with E-state index in [2.05, 4.69) is 10.2 Å². The molecular weight excluding hydrogens is 480 g/mol. The van der Waals surface area contributed by atoms with Crippen molar-refractivity contribution in [3.05, 3.63) is 0 Å². The highest BCUT2D eigenvalue weighted by Gasteiger charge is 2.54. The Bertz CT molecular complexity index is 726. The van der Waals surface area contributed by atoms with Crippen LogP contribution in [0.2, 0.25) is 0 Å². The summed E-state index contributed by atoms with van der Waals surface area (Å²) >= 11 is 0. The van der Waals surface area contributed by atoms with E-state index in [9.17, 15) is 30.0 Å². The van der Waals surface area contributed by atoms with Crippen molar-refractivity contribution in [3.63, 3.8) is 0 Å². The number of ether oxygens (including phenoxy) is 4. The minimum Gasteiger partial charge on any atom is -0.394 e. The zero-order valence-electron chi connectivity index (χ0n) is 21.6. The predicted molar refractivity (Wildman–Crippen MR) is 124 cm³/mol. The minimum atomic E-state index is -1.71. The molecule has 2 saturated heterocycles. The number of hydrogen-bond donors (Lipinski definition) is 6. The molecule has 2 aliphatic heterocycles. The van der Waals surface area contributed by atoms with E-state index in [-0.39, 0.29) is 11.8 Å². The second-order valence-electron chi connectivity index (χ2n) is 9.92. The molecule has 8 unspecified atom stereocenters. The van der Waals surface area contributed by atoms with Crippen molar-refractivity contribution < 1.29 is 53.8 Å². The van der Waals surface area contributed by atoms with Gasteiger partial charge in [0.15, 0.2) is 12.4 Å². The highest BCUT2D eigenvalue weighted by molar-refractivity contribution is 5.75. The molecule has 13 heteroatoms. The van der Waals surface area contributed by atoms with E-state index in [0.717, 1.165) is 0 Å². The van der Waals surface area contributed by atoms with Gasteiger partial charge >= 0.3 is 5.97 Å². The van der Waals surface area contributed by atoms with E-state index in [1.807, 2.05) is 27.7 Å². The lowest BCUT2D eigenvalue weighted by atomic mass is 9.85. The quantitative estimate of drug-likeness (QED) is 0.179. The first-order valence-corrected chi connectivity index (χ1v) is 12.3. The summed E-state index contributed by atoms with van der Waals surface area (Å²) in [6.45, 7) is 10.0. The second-order valence-corrected chi connectivity index (χ2v) is 9.92. The molecule has 1 amide bonds. The second kappa shape index (κ2) is 13.4. The molecule has 13 nitrogen and oxygen atoms in total. The Kier molecular flexibility index (Phi) is 11.5. The van der Waals surface area contributed by atoms with Crippen LogP contribution in [-0.2, 0) is 33.4 Å². The van der Waals surface area contributed by atoms with Gasteiger partial charge in [-0.2, -0.15) is 5.90 Å². The summed E-state index contributed by atoms with van der Waals surface area (Å²) in [5, 5.41) is 45.1. The van der Waals surface area contributed by atoms with Crippen LogP contribution in [0.4, 0.5) is 0 Å². The van der Waals surface area contributed by atoms with Crippen molar-refractivity contribution in [2.45, 2.75) is 115 Å². The average molecular weight is 523 g/mol. The zero-order valence-corrected chi connectivity index (χ0v) is 21.6. The normalized spacial score (nSPS) is 38.9. The first-order valence-electron chi connectivity index (χ1n) is 12.3. The Morgan fingerprint density at radius 1 is 1.03 bits per heavy atom. The fraction of sp³-hybridized carbons (Fsp3) is 0.913. The molecule has 2 heterocycles. The van der Waals surface area contributed by atoms with E-state index in [4.69, 9.17) is 24.8 Å². The molecular formula is C23H42N2O11. The molecule has 0 aliphatic carbocycles. The summed E-state index contributed by atoms with van der Waals surface area (Å²) in [5.41, 5.74) is 0. The number of nitrogens with one attached hydrogen (secondary N) is 1. The largest absolute Gasteiger partial charge is 0.394 e. The van der Waals surface area contributed by atoms with Crippen molar-refractivity contribution in [1.82, 2.24) is 5.32 Å². The first-order chi connectivity index (χ1) is 16.9. The van der Waals surface area contributed by atoms with Crippen LogP contribution in [0.5, 0.6) is 0 Å². The highest BCUT2D eigenvalue weighted by Crippen LogP contribution is 2.33. The number of aliphatic hydroxyl groups excluding tert-OH is 4. The van der Waals surface area contributed by atoms with Crippen molar-refractivity contribution in [2.24, 2.45) is 17.7 Å². The minimum absolute atomic E-state index is 0.0153. The Balaban J connectivity index is 2.38. The van der Waals surface area contributed by atoms with Crippen LogP contribution in [0.1, 0.15) is 48.0 Å². The predicted octanol–water partition coefficient (Wildman–Crippen LogP) is -1.66. The van der Waals surface area contributed by atoms with Gasteiger partial charge in [0, 0.05) is 6.92 Å². The standard InChI is InChI=1S/C23H42N2O11/c1-7-10(4)18-14(25-12(6)27)19(15(28)13(8-26)33-18)34-23-17(30)16(29)20(32-11(5)9(2)3)21(35-23)22(31)36-24/h9-11,13-21,23,26,28-30H,7-8,24H2,1-6H3,(H,25,27)/t10?,11?,13?,14?,15-,16?,17?,18+,19?,20+,21?,23-/m1/s1. The van der Waals surface area contributed by atoms with Gasteiger partial charge < -0.3 is 49.5 Å². The highest BCUT2D eigenvalue weighted by atomic mass is 16.7. The molecule has 0 radical (unpaired) electrons. The summed E-state index contributed by atoms with van der Waals surface area (Å²) in [5.74, 6) is 3.48.